The average molecular weight is 433 g/mol. The number of halogens is 1. The quantitative estimate of drug-likeness (QED) is 0.575. The normalized spacial score (nSPS) is 11.9. The topological polar surface area (TPSA) is 75.5 Å². The highest BCUT2D eigenvalue weighted by molar-refractivity contribution is 7.89. The molecule has 1 amide bonds. The molecule has 0 aliphatic carbocycles. The Hall–Kier alpha value is -2.78. The summed E-state index contributed by atoms with van der Waals surface area (Å²) < 4.78 is 40.7. The molecule has 0 saturated carbocycles. The van der Waals surface area contributed by atoms with Crippen LogP contribution in [0.2, 0.25) is 0 Å². The lowest BCUT2D eigenvalue weighted by Crippen LogP contribution is -2.26. The number of carbonyl (C=O) groups excluding carboxylic acids is 1. The number of rotatable bonds is 7. The number of sulfonamides is 1. The standard InChI is InChI=1S/C21H25FN4O3S/c1-24(2)30(28,29)17-9-10-19-18(13-17)23-20(26(19)4)11-12-21(27)25(3)14-15-5-7-16(22)8-6-15/h5-10,13H,11-12,14H2,1-4H3. The van der Waals surface area contributed by atoms with E-state index in [0.29, 0.717) is 24.3 Å². The second-order valence-electron chi connectivity index (χ2n) is 7.40. The summed E-state index contributed by atoms with van der Waals surface area (Å²) in [5.41, 5.74) is 2.22. The highest BCUT2D eigenvalue weighted by Crippen LogP contribution is 2.22. The Bertz CT molecular complexity index is 1170. The Morgan fingerprint density at radius 3 is 2.40 bits per heavy atom. The molecule has 0 N–H and O–H groups in total. The molecule has 7 nitrogen and oxygen atoms in total. The van der Waals surface area contributed by atoms with E-state index in [1.807, 2.05) is 11.6 Å². The molecule has 30 heavy (non-hydrogen) atoms. The molecule has 1 heterocycles. The molecule has 0 aliphatic rings. The van der Waals surface area contributed by atoms with Crippen molar-refractivity contribution in [2.45, 2.75) is 24.3 Å². The van der Waals surface area contributed by atoms with Gasteiger partial charge in [0.05, 0.1) is 15.9 Å². The van der Waals surface area contributed by atoms with E-state index in [-0.39, 0.29) is 23.0 Å². The molecule has 0 radical (unpaired) electrons. The van der Waals surface area contributed by atoms with Crippen LogP contribution >= 0.6 is 0 Å². The van der Waals surface area contributed by atoms with E-state index in [0.717, 1.165) is 15.4 Å². The maximum Gasteiger partial charge on any atom is 0.242 e. The van der Waals surface area contributed by atoms with Crippen LogP contribution in [-0.2, 0) is 34.8 Å². The number of aryl methyl sites for hydroxylation is 2. The summed E-state index contributed by atoms with van der Waals surface area (Å²) in [6, 6.07) is 10.9. The minimum absolute atomic E-state index is 0.0535. The largest absolute Gasteiger partial charge is 0.341 e. The van der Waals surface area contributed by atoms with E-state index in [1.165, 1.54) is 26.2 Å². The number of imidazole rings is 1. The van der Waals surface area contributed by atoms with Crippen molar-refractivity contribution < 1.29 is 17.6 Å². The van der Waals surface area contributed by atoms with Gasteiger partial charge >= 0.3 is 0 Å². The van der Waals surface area contributed by atoms with Gasteiger partial charge in [-0.25, -0.2) is 22.1 Å². The molecule has 0 atom stereocenters. The van der Waals surface area contributed by atoms with Crippen LogP contribution in [0.15, 0.2) is 47.4 Å². The van der Waals surface area contributed by atoms with Crippen molar-refractivity contribution in [3.63, 3.8) is 0 Å². The molecular formula is C21H25FN4O3S. The number of carbonyl (C=O) groups is 1. The molecule has 160 valence electrons. The van der Waals surface area contributed by atoms with Crippen LogP contribution in [0, 0.1) is 5.82 Å². The van der Waals surface area contributed by atoms with Gasteiger partial charge in [-0.2, -0.15) is 0 Å². The second-order valence-corrected chi connectivity index (χ2v) is 9.55. The third kappa shape index (κ3) is 4.52. The molecule has 0 saturated heterocycles. The van der Waals surface area contributed by atoms with Gasteiger partial charge in [0, 0.05) is 47.6 Å². The Balaban J connectivity index is 1.71. The molecule has 0 aliphatic heterocycles. The Labute approximate surface area is 175 Å². The van der Waals surface area contributed by atoms with E-state index in [4.69, 9.17) is 0 Å². The maximum atomic E-state index is 13.0. The SMILES string of the molecule is CN(Cc1ccc(F)cc1)C(=O)CCc1nc2cc(S(=O)(=O)N(C)C)ccc2n1C. The predicted molar refractivity (Wildman–Crippen MR) is 113 cm³/mol. The second kappa shape index (κ2) is 8.53. The number of amides is 1. The van der Waals surface area contributed by atoms with Gasteiger partial charge in [-0.3, -0.25) is 4.79 Å². The summed E-state index contributed by atoms with van der Waals surface area (Å²) in [5, 5.41) is 0. The van der Waals surface area contributed by atoms with E-state index >= 15 is 0 Å². The molecule has 3 aromatic rings. The van der Waals surface area contributed by atoms with Crippen molar-refractivity contribution in [2.75, 3.05) is 21.1 Å². The zero-order valence-corrected chi connectivity index (χ0v) is 18.3. The Kier molecular flexibility index (Phi) is 6.23. The van der Waals surface area contributed by atoms with Gasteiger partial charge in [0.15, 0.2) is 0 Å². The van der Waals surface area contributed by atoms with Gasteiger partial charge in [0.1, 0.15) is 11.6 Å². The number of benzene rings is 2. The van der Waals surface area contributed by atoms with Crippen molar-refractivity contribution in [1.29, 1.82) is 0 Å². The van der Waals surface area contributed by atoms with Gasteiger partial charge in [0.25, 0.3) is 0 Å². The molecule has 0 unspecified atom stereocenters. The fourth-order valence-electron chi connectivity index (χ4n) is 3.19. The predicted octanol–water partition coefficient (Wildman–Crippen LogP) is 2.55. The molecular weight excluding hydrogens is 407 g/mol. The fraction of sp³-hybridized carbons (Fsp3) is 0.333. The van der Waals surface area contributed by atoms with Gasteiger partial charge < -0.3 is 9.47 Å². The van der Waals surface area contributed by atoms with E-state index in [1.54, 1.807) is 42.3 Å². The number of nitrogens with zero attached hydrogens (tertiary/aromatic N) is 4. The van der Waals surface area contributed by atoms with Gasteiger partial charge in [-0.15, -0.1) is 0 Å². The van der Waals surface area contributed by atoms with E-state index in [2.05, 4.69) is 4.98 Å². The highest BCUT2D eigenvalue weighted by Gasteiger charge is 2.19. The van der Waals surface area contributed by atoms with Crippen molar-refractivity contribution in [3.05, 3.63) is 59.7 Å². The van der Waals surface area contributed by atoms with Crippen molar-refractivity contribution in [1.82, 2.24) is 18.8 Å². The molecule has 0 spiro atoms. The molecule has 0 bridgehead atoms. The summed E-state index contributed by atoms with van der Waals surface area (Å²) in [6.45, 7) is 0.396. The lowest BCUT2D eigenvalue weighted by molar-refractivity contribution is -0.130. The number of fused-ring (bicyclic) bond motifs is 1. The van der Waals surface area contributed by atoms with Crippen molar-refractivity contribution in [3.8, 4) is 0 Å². The lowest BCUT2D eigenvalue weighted by atomic mass is 10.2. The van der Waals surface area contributed by atoms with Crippen LogP contribution in [0.4, 0.5) is 4.39 Å². The molecule has 9 heteroatoms. The van der Waals surface area contributed by atoms with E-state index in [9.17, 15) is 17.6 Å². The van der Waals surface area contributed by atoms with Crippen LogP contribution in [0.25, 0.3) is 11.0 Å². The summed E-state index contributed by atoms with van der Waals surface area (Å²) >= 11 is 0. The maximum absolute atomic E-state index is 13.0. The number of hydrogen-bond donors (Lipinski definition) is 0. The average Bonchev–Trinajstić information content (AvgIpc) is 3.02. The van der Waals surface area contributed by atoms with Crippen LogP contribution in [0.5, 0.6) is 0 Å². The molecule has 2 aromatic carbocycles. The highest BCUT2D eigenvalue weighted by atomic mass is 32.2. The summed E-state index contributed by atoms with van der Waals surface area (Å²) in [6.07, 6.45) is 0.686. The van der Waals surface area contributed by atoms with E-state index < -0.39 is 10.0 Å². The summed E-state index contributed by atoms with van der Waals surface area (Å²) in [4.78, 5) is 18.8. The fourth-order valence-corrected chi connectivity index (χ4v) is 4.11. The molecule has 1 aromatic heterocycles. The van der Waals surface area contributed by atoms with Crippen LogP contribution in [0.1, 0.15) is 17.8 Å². The third-order valence-corrected chi connectivity index (χ3v) is 6.86. The van der Waals surface area contributed by atoms with Crippen molar-refractivity contribution in [2.24, 2.45) is 7.05 Å². The van der Waals surface area contributed by atoms with Crippen LogP contribution in [-0.4, -0.2) is 54.2 Å². The number of hydrogen-bond acceptors (Lipinski definition) is 4. The lowest BCUT2D eigenvalue weighted by Gasteiger charge is -2.17. The molecule has 0 fully saturated rings. The van der Waals surface area contributed by atoms with Crippen molar-refractivity contribution >= 4 is 27.0 Å². The minimum atomic E-state index is -3.54. The first-order valence-electron chi connectivity index (χ1n) is 9.46. The Morgan fingerprint density at radius 1 is 1.10 bits per heavy atom. The molecule has 3 rings (SSSR count). The monoisotopic (exact) mass is 432 g/mol. The Morgan fingerprint density at radius 2 is 1.77 bits per heavy atom. The van der Waals surface area contributed by atoms with Gasteiger partial charge in [-0.1, -0.05) is 12.1 Å². The van der Waals surface area contributed by atoms with Gasteiger partial charge in [0.2, 0.25) is 15.9 Å². The van der Waals surface area contributed by atoms with Gasteiger partial charge in [-0.05, 0) is 35.9 Å². The first kappa shape index (κ1) is 21.9. The third-order valence-electron chi connectivity index (χ3n) is 5.04. The first-order chi connectivity index (χ1) is 14.1. The number of aromatic nitrogens is 2. The van der Waals surface area contributed by atoms with Crippen LogP contribution in [0.3, 0.4) is 0 Å². The summed E-state index contributed by atoms with van der Waals surface area (Å²) in [7, 11) is 2.98. The zero-order valence-electron chi connectivity index (χ0n) is 17.5. The summed E-state index contributed by atoms with van der Waals surface area (Å²) in [5.74, 6) is 0.339. The minimum Gasteiger partial charge on any atom is -0.341 e. The first-order valence-corrected chi connectivity index (χ1v) is 10.9. The van der Waals surface area contributed by atoms with Crippen LogP contribution < -0.4 is 0 Å². The zero-order chi connectivity index (χ0) is 22.1. The smallest absolute Gasteiger partial charge is 0.242 e.